The Morgan fingerprint density at radius 2 is 1.47 bits per heavy atom. The number of nitrogens with one attached hydrogen (secondary N) is 3. The van der Waals surface area contributed by atoms with E-state index in [1.807, 2.05) is 0 Å². The molecule has 0 spiro atoms. The number of carbonyl (C=O) groups excluding carboxylic acids is 3. The minimum atomic E-state index is -1.04. The first-order chi connectivity index (χ1) is 17.4. The molecule has 0 saturated carbocycles. The van der Waals surface area contributed by atoms with Crippen LogP contribution in [0.4, 0.5) is 11.4 Å². The summed E-state index contributed by atoms with van der Waals surface area (Å²) in [5.41, 5.74) is 3.49. The smallest absolute Gasteiger partial charge is 0.329 e. The van der Waals surface area contributed by atoms with Crippen LogP contribution in [0.1, 0.15) is 15.9 Å². The summed E-state index contributed by atoms with van der Waals surface area (Å²) in [6, 6.07) is 16.1. The number of para-hydroxylation sites is 1. The van der Waals surface area contributed by atoms with Crippen molar-refractivity contribution in [2.75, 3.05) is 32.0 Å². The summed E-state index contributed by atoms with van der Waals surface area (Å²) in [7, 11) is 4.42. The van der Waals surface area contributed by atoms with Crippen molar-refractivity contribution in [3.63, 3.8) is 0 Å². The summed E-state index contributed by atoms with van der Waals surface area (Å²) >= 11 is 5.86. The first-order valence-corrected chi connectivity index (χ1v) is 10.8. The molecule has 0 aliphatic heterocycles. The molecule has 0 atom stereocenters. The molecule has 36 heavy (non-hydrogen) atoms. The number of methoxy groups -OCH3 is 3. The van der Waals surface area contributed by atoms with Crippen LogP contribution >= 0.6 is 11.6 Å². The van der Waals surface area contributed by atoms with E-state index >= 15 is 0 Å². The van der Waals surface area contributed by atoms with Gasteiger partial charge in [-0.1, -0.05) is 23.7 Å². The summed E-state index contributed by atoms with van der Waals surface area (Å²) in [5.74, 6) is -1.32. The van der Waals surface area contributed by atoms with E-state index in [4.69, 9.17) is 25.8 Å². The topological polar surface area (TPSA) is 127 Å². The zero-order valence-corrected chi connectivity index (χ0v) is 20.4. The van der Waals surface area contributed by atoms with Gasteiger partial charge in [-0.3, -0.25) is 14.4 Å². The van der Waals surface area contributed by atoms with Gasteiger partial charge in [-0.25, -0.2) is 5.43 Å². The molecule has 3 rings (SSSR count). The number of benzene rings is 3. The van der Waals surface area contributed by atoms with Crippen LogP contribution in [0.15, 0.2) is 65.8 Å². The second kappa shape index (κ2) is 12.2. The molecular formula is C25H23ClN4O6. The number of ether oxygens (including phenoxy) is 3. The fourth-order valence-electron chi connectivity index (χ4n) is 3.09. The van der Waals surface area contributed by atoms with E-state index in [0.717, 1.165) is 0 Å². The van der Waals surface area contributed by atoms with Crippen LogP contribution in [0, 0.1) is 0 Å². The monoisotopic (exact) mass is 510 g/mol. The van der Waals surface area contributed by atoms with Crippen LogP contribution < -0.4 is 30.3 Å². The molecule has 0 aliphatic rings. The van der Waals surface area contributed by atoms with Crippen molar-refractivity contribution in [3.8, 4) is 17.2 Å². The Morgan fingerprint density at radius 1 is 0.833 bits per heavy atom. The highest BCUT2D eigenvalue weighted by Gasteiger charge is 2.18. The first-order valence-electron chi connectivity index (χ1n) is 10.5. The number of carbonyl (C=O) groups is 3. The van der Waals surface area contributed by atoms with Gasteiger partial charge < -0.3 is 24.8 Å². The minimum absolute atomic E-state index is 0.151. The third kappa shape index (κ3) is 6.51. The van der Waals surface area contributed by atoms with Crippen LogP contribution in [0.3, 0.4) is 0 Å². The van der Waals surface area contributed by atoms with Gasteiger partial charge in [0.1, 0.15) is 0 Å². The van der Waals surface area contributed by atoms with E-state index in [0.29, 0.717) is 33.5 Å². The number of nitrogens with zero attached hydrogens (tertiary/aromatic N) is 1. The molecule has 0 fully saturated rings. The molecule has 186 valence electrons. The summed E-state index contributed by atoms with van der Waals surface area (Å²) < 4.78 is 15.8. The standard InChI is InChI=1S/C25H23ClN4O6/c1-34-20-12-15(13-21(35-2)22(20)36-3)14-27-30-25(33)24(32)29-19-7-5-4-6-18(19)23(31)28-17-10-8-16(26)9-11-17/h4-14H,1-3H3,(H,28,31)(H,29,32)(H,30,33)/b27-14+. The van der Waals surface area contributed by atoms with Gasteiger partial charge in [0, 0.05) is 16.3 Å². The van der Waals surface area contributed by atoms with E-state index in [1.54, 1.807) is 48.5 Å². The molecule has 0 heterocycles. The molecule has 11 heteroatoms. The minimum Gasteiger partial charge on any atom is -0.493 e. The summed E-state index contributed by atoms with van der Waals surface area (Å²) in [4.78, 5) is 37.4. The van der Waals surface area contributed by atoms with Gasteiger partial charge in [-0.15, -0.1) is 0 Å². The molecule has 0 saturated heterocycles. The van der Waals surface area contributed by atoms with Crippen LogP contribution in [0.5, 0.6) is 17.2 Å². The maximum atomic E-state index is 12.7. The fourth-order valence-corrected chi connectivity index (χ4v) is 3.22. The van der Waals surface area contributed by atoms with E-state index in [-0.39, 0.29) is 11.3 Å². The van der Waals surface area contributed by atoms with Crippen molar-refractivity contribution in [2.45, 2.75) is 0 Å². The number of hydrogen-bond acceptors (Lipinski definition) is 7. The average Bonchev–Trinajstić information content (AvgIpc) is 2.89. The number of halogens is 1. The highest BCUT2D eigenvalue weighted by molar-refractivity contribution is 6.40. The zero-order chi connectivity index (χ0) is 26.1. The van der Waals surface area contributed by atoms with Crippen LogP contribution in [-0.4, -0.2) is 45.3 Å². The maximum Gasteiger partial charge on any atom is 0.329 e. The molecule has 0 aliphatic carbocycles. The van der Waals surface area contributed by atoms with Crippen molar-refractivity contribution < 1.29 is 28.6 Å². The van der Waals surface area contributed by atoms with Crippen LogP contribution in [0.25, 0.3) is 0 Å². The van der Waals surface area contributed by atoms with Crippen LogP contribution in [-0.2, 0) is 9.59 Å². The Balaban J connectivity index is 1.66. The number of amides is 3. The Kier molecular flexibility index (Phi) is 8.84. The van der Waals surface area contributed by atoms with Crippen molar-refractivity contribution in [1.29, 1.82) is 0 Å². The van der Waals surface area contributed by atoms with Gasteiger partial charge in [0.2, 0.25) is 5.75 Å². The highest BCUT2D eigenvalue weighted by atomic mass is 35.5. The Bertz CT molecular complexity index is 1270. The van der Waals surface area contributed by atoms with Gasteiger partial charge in [-0.2, -0.15) is 5.10 Å². The molecule has 0 aromatic heterocycles. The Labute approximate surface area is 212 Å². The zero-order valence-electron chi connectivity index (χ0n) is 19.6. The second-order valence-corrected chi connectivity index (χ2v) is 7.55. The summed E-state index contributed by atoms with van der Waals surface area (Å²) in [6.07, 6.45) is 1.31. The first kappa shape index (κ1) is 26.0. The number of hydrazone groups is 1. The predicted octanol–water partition coefficient (Wildman–Crippen LogP) is 3.71. The molecule has 10 nitrogen and oxygen atoms in total. The summed E-state index contributed by atoms with van der Waals surface area (Å²) in [6.45, 7) is 0. The second-order valence-electron chi connectivity index (χ2n) is 7.12. The van der Waals surface area contributed by atoms with Crippen LogP contribution in [0.2, 0.25) is 5.02 Å². The molecule has 0 bridgehead atoms. The van der Waals surface area contributed by atoms with Gasteiger partial charge in [-0.05, 0) is 48.5 Å². The van der Waals surface area contributed by atoms with Crippen molar-refractivity contribution in [1.82, 2.24) is 5.43 Å². The quantitative estimate of drug-likeness (QED) is 0.241. The van der Waals surface area contributed by atoms with Gasteiger partial charge in [0.15, 0.2) is 11.5 Å². The van der Waals surface area contributed by atoms with E-state index in [9.17, 15) is 14.4 Å². The predicted molar refractivity (Wildman–Crippen MR) is 136 cm³/mol. The fraction of sp³-hybridized carbons (Fsp3) is 0.120. The molecule has 3 aromatic carbocycles. The lowest BCUT2D eigenvalue weighted by Gasteiger charge is -2.12. The van der Waals surface area contributed by atoms with Crippen molar-refractivity contribution in [3.05, 3.63) is 76.8 Å². The van der Waals surface area contributed by atoms with E-state index < -0.39 is 17.7 Å². The Hall–Kier alpha value is -4.57. The van der Waals surface area contributed by atoms with Gasteiger partial charge >= 0.3 is 11.8 Å². The molecule has 0 radical (unpaired) electrons. The average molecular weight is 511 g/mol. The Morgan fingerprint density at radius 3 is 2.08 bits per heavy atom. The van der Waals surface area contributed by atoms with Crippen molar-refractivity contribution >= 4 is 46.9 Å². The molecular weight excluding hydrogens is 488 g/mol. The highest BCUT2D eigenvalue weighted by Crippen LogP contribution is 2.37. The lowest BCUT2D eigenvalue weighted by molar-refractivity contribution is -0.136. The molecule has 3 aromatic rings. The molecule has 3 N–H and O–H groups in total. The van der Waals surface area contributed by atoms with Crippen molar-refractivity contribution in [2.24, 2.45) is 5.10 Å². The largest absolute Gasteiger partial charge is 0.493 e. The molecule has 0 unspecified atom stereocenters. The maximum absolute atomic E-state index is 12.7. The number of rotatable bonds is 8. The normalized spacial score (nSPS) is 10.4. The number of anilines is 2. The molecule has 3 amide bonds. The third-order valence-corrected chi connectivity index (χ3v) is 5.05. The third-order valence-electron chi connectivity index (χ3n) is 4.79. The van der Waals surface area contributed by atoms with E-state index in [2.05, 4.69) is 21.2 Å². The van der Waals surface area contributed by atoms with Gasteiger partial charge in [0.05, 0.1) is 38.8 Å². The lowest BCUT2D eigenvalue weighted by atomic mass is 10.1. The summed E-state index contributed by atoms with van der Waals surface area (Å²) in [5, 5.41) is 9.46. The number of hydrogen-bond donors (Lipinski definition) is 3. The lowest BCUT2D eigenvalue weighted by Crippen LogP contribution is -2.33. The van der Waals surface area contributed by atoms with E-state index in [1.165, 1.54) is 39.7 Å². The van der Waals surface area contributed by atoms with Gasteiger partial charge in [0.25, 0.3) is 5.91 Å². The SMILES string of the molecule is COc1cc(/C=N/NC(=O)C(=O)Nc2ccccc2C(=O)Nc2ccc(Cl)cc2)cc(OC)c1OC.